The molecule has 0 atom stereocenters. The first-order chi connectivity index (χ1) is 9.51. The summed E-state index contributed by atoms with van der Waals surface area (Å²) in [4.78, 5) is 13.1. The number of hydrogen-bond donors (Lipinski definition) is 0. The third-order valence-corrected chi connectivity index (χ3v) is 3.37. The number of halogens is 1. The van der Waals surface area contributed by atoms with E-state index >= 15 is 0 Å². The molecule has 4 nitrogen and oxygen atoms in total. The maximum Gasteiger partial charge on any atom is 0.212 e. The molecule has 2 rings (SSSR count). The Kier molecular flexibility index (Phi) is 4.55. The zero-order chi connectivity index (χ0) is 14.7. The first-order valence-corrected chi connectivity index (χ1v) is 6.91. The van der Waals surface area contributed by atoms with Crippen molar-refractivity contribution in [1.82, 2.24) is 15.0 Å². The van der Waals surface area contributed by atoms with Gasteiger partial charge >= 0.3 is 0 Å². The van der Waals surface area contributed by atoms with Crippen LogP contribution in [0.15, 0.2) is 18.3 Å². The summed E-state index contributed by atoms with van der Waals surface area (Å²) < 4.78 is 5.04. The van der Waals surface area contributed by atoms with Crippen LogP contribution in [0, 0.1) is 6.92 Å². The monoisotopic (exact) mass is 291 g/mol. The fraction of sp³-hybridized carbons (Fsp3) is 0.400. The largest absolute Gasteiger partial charge is 0.481 e. The summed E-state index contributed by atoms with van der Waals surface area (Å²) in [6.07, 6.45) is 2.37. The van der Waals surface area contributed by atoms with Gasteiger partial charge in [-0.3, -0.25) is 0 Å². The van der Waals surface area contributed by atoms with Crippen LogP contribution in [0.2, 0.25) is 5.15 Å². The molecule has 20 heavy (non-hydrogen) atoms. The number of rotatable bonds is 4. The molecule has 2 aromatic rings. The third-order valence-electron chi connectivity index (χ3n) is 3.08. The Balaban J connectivity index is 2.25. The van der Waals surface area contributed by atoms with Crippen molar-refractivity contribution in [3.8, 4) is 5.88 Å². The lowest BCUT2D eigenvalue weighted by Crippen LogP contribution is -2.05. The normalized spacial score (nSPS) is 10.9. The van der Waals surface area contributed by atoms with Gasteiger partial charge in [0.25, 0.3) is 0 Å². The summed E-state index contributed by atoms with van der Waals surface area (Å²) in [5.41, 5.74) is 2.98. The number of pyridine rings is 1. The number of aromatic nitrogens is 3. The van der Waals surface area contributed by atoms with Crippen LogP contribution in [0.1, 0.15) is 42.4 Å². The molecule has 0 saturated carbocycles. The number of aryl methyl sites for hydroxylation is 1. The summed E-state index contributed by atoms with van der Waals surface area (Å²) in [5.74, 6) is 1.63. The summed E-state index contributed by atoms with van der Waals surface area (Å²) in [6.45, 7) is 6.15. The van der Waals surface area contributed by atoms with Crippen LogP contribution in [-0.2, 0) is 6.42 Å². The van der Waals surface area contributed by atoms with Gasteiger partial charge in [-0.2, -0.15) is 0 Å². The van der Waals surface area contributed by atoms with E-state index in [-0.39, 0.29) is 0 Å². The number of ether oxygens (including phenoxy) is 1. The predicted molar refractivity (Wildman–Crippen MR) is 79.5 cm³/mol. The highest BCUT2D eigenvalue weighted by atomic mass is 35.5. The van der Waals surface area contributed by atoms with E-state index in [1.807, 2.05) is 19.1 Å². The van der Waals surface area contributed by atoms with Gasteiger partial charge in [-0.25, -0.2) is 15.0 Å². The van der Waals surface area contributed by atoms with Crippen molar-refractivity contribution < 1.29 is 4.74 Å². The van der Waals surface area contributed by atoms with Crippen LogP contribution in [0.5, 0.6) is 5.88 Å². The van der Waals surface area contributed by atoms with Gasteiger partial charge < -0.3 is 4.74 Å². The van der Waals surface area contributed by atoms with E-state index in [0.717, 1.165) is 16.8 Å². The molecule has 0 aliphatic carbocycles. The average molecular weight is 292 g/mol. The van der Waals surface area contributed by atoms with Crippen LogP contribution in [0.3, 0.4) is 0 Å². The van der Waals surface area contributed by atoms with Crippen molar-refractivity contribution in [2.45, 2.75) is 33.1 Å². The van der Waals surface area contributed by atoms with E-state index in [0.29, 0.717) is 29.2 Å². The molecule has 0 N–H and O–H groups in total. The fourth-order valence-corrected chi connectivity index (χ4v) is 2.61. The lowest BCUT2D eigenvalue weighted by molar-refractivity contribution is 0.397. The van der Waals surface area contributed by atoms with Gasteiger partial charge in [0.15, 0.2) is 0 Å². The van der Waals surface area contributed by atoms with Crippen molar-refractivity contribution in [3.05, 3.63) is 46.1 Å². The molecule has 0 fully saturated rings. The Morgan fingerprint density at radius 2 is 2.00 bits per heavy atom. The topological polar surface area (TPSA) is 47.9 Å². The van der Waals surface area contributed by atoms with Gasteiger partial charge in [0.05, 0.1) is 7.11 Å². The average Bonchev–Trinajstić information content (AvgIpc) is 2.38. The molecule has 0 saturated heterocycles. The number of hydrogen-bond acceptors (Lipinski definition) is 4. The second-order valence-corrected chi connectivity index (χ2v) is 5.33. The van der Waals surface area contributed by atoms with E-state index in [1.54, 1.807) is 13.3 Å². The second-order valence-electron chi connectivity index (χ2n) is 4.97. The zero-order valence-electron chi connectivity index (χ0n) is 12.1. The molecule has 5 heteroatoms. The lowest BCUT2D eigenvalue weighted by atomic mass is 10.0. The summed E-state index contributed by atoms with van der Waals surface area (Å²) in [6, 6.07) is 3.78. The molecule has 0 aromatic carbocycles. The fourth-order valence-electron chi connectivity index (χ4n) is 2.16. The van der Waals surface area contributed by atoms with E-state index in [2.05, 4.69) is 28.8 Å². The maximum absolute atomic E-state index is 6.26. The molecule has 0 aliphatic heterocycles. The SMILES string of the molecule is COc1ccc(Cc2nc(C)c(C(C)C)c(Cl)n2)cn1. The Bertz CT molecular complexity index is 574. The Labute approximate surface area is 124 Å². The van der Waals surface area contributed by atoms with Crippen molar-refractivity contribution in [1.29, 1.82) is 0 Å². The van der Waals surface area contributed by atoms with Crippen LogP contribution in [0.4, 0.5) is 0 Å². The van der Waals surface area contributed by atoms with Crippen molar-refractivity contribution in [2.24, 2.45) is 0 Å². The highest BCUT2D eigenvalue weighted by Gasteiger charge is 2.13. The predicted octanol–water partition coefficient (Wildman–Crippen LogP) is 3.56. The van der Waals surface area contributed by atoms with Gasteiger partial charge in [-0.15, -0.1) is 0 Å². The highest BCUT2D eigenvalue weighted by molar-refractivity contribution is 6.30. The van der Waals surface area contributed by atoms with Crippen LogP contribution < -0.4 is 4.74 Å². The molecular formula is C15H18ClN3O. The minimum absolute atomic E-state index is 0.319. The molecule has 0 aliphatic rings. The molecule has 106 valence electrons. The van der Waals surface area contributed by atoms with Gasteiger partial charge in [-0.05, 0) is 18.4 Å². The van der Waals surface area contributed by atoms with E-state index < -0.39 is 0 Å². The molecule has 0 spiro atoms. The Hall–Kier alpha value is -1.68. The molecule has 0 bridgehead atoms. The maximum atomic E-state index is 6.26. The summed E-state index contributed by atoms with van der Waals surface area (Å²) in [5, 5.41) is 0.545. The van der Waals surface area contributed by atoms with E-state index in [4.69, 9.17) is 16.3 Å². The quantitative estimate of drug-likeness (QED) is 0.808. The van der Waals surface area contributed by atoms with Crippen LogP contribution in [0.25, 0.3) is 0 Å². The van der Waals surface area contributed by atoms with Crippen LogP contribution >= 0.6 is 11.6 Å². The van der Waals surface area contributed by atoms with Gasteiger partial charge in [-0.1, -0.05) is 31.5 Å². The van der Waals surface area contributed by atoms with E-state index in [1.165, 1.54) is 0 Å². The number of methoxy groups -OCH3 is 1. The van der Waals surface area contributed by atoms with Gasteiger partial charge in [0, 0.05) is 29.9 Å². The van der Waals surface area contributed by atoms with E-state index in [9.17, 15) is 0 Å². The first kappa shape index (κ1) is 14.7. The minimum Gasteiger partial charge on any atom is -0.481 e. The molecule has 0 radical (unpaired) electrons. The lowest BCUT2D eigenvalue weighted by Gasteiger charge is -2.12. The molecule has 2 aromatic heterocycles. The van der Waals surface area contributed by atoms with Crippen LogP contribution in [-0.4, -0.2) is 22.1 Å². The Morgan fingerprint density at radius 3 is 2.50 bits per heavy atom. The Morgan fingerprint density at radius 1 is 1.25 bits per heavy atom. The first-order valence-electron chi connectivity index (χ1n) is 6.53. The highest BCUT2D eigenvalue weighted by Crippen LogP contribution is 2.25. The molecule has 0 unspecified atom stereocenters. The number of nitrogens with zero attached hydrogens (tertiary/aromatic N) is 3. The van der Waals surface area contributed by atoms with Crippen molar-refractivity contribution >= 4 is 11.6 Å². The molecule has 0 amide bonds. The zero-order valence-corrected chi connectivity index (χ0v) is 12.9. The smallest absolute Gasteiger partial charge is 0.212 e. The molecular weight excluding hydrogens is 274 g/mol. The second kappa shape index (κ2) is 6.18. The summed E-state index contributed by atoms with van der Waals surface area (Å²) in [7, 11) is 1.60. The van der Waals surface area contributed by atoms with Crippen molar-refractivity contribution in [2.75, 3.05) is 7.11 Å². The van der Waals surface area contributed by atoms with Crippen molar-refractivity contribution in [3.63, 3.8) is 0 Å². The summed E-state index contributed by atoms with van der Waals surface area (Å²) >= 11 is 6.26. The molecule has 2 heterocycles. The van der Waals surface area contributed by atoms with Gasteiger partial charge in [0.1, 0.15) is 11.0 Å². The van der Waals surface area contributed by atoms with Gasteiger partial charge in [0.2, 0.25) is 5.88 Å². The standard InChI is InChI=1S/C15H18ClN3O/c1-9(2)14-10(3)18-12(19-15(14)16)7-11-5-6-13(20-4)17-8-11/h5-6,8-9H,7H2,1-4H3. The third kappa shape index (κ3) is 3.25. The minimum atomic E-state index is 0.319.